The first-order valence-electron chi connectivity index (χ1n) is 9.82. The Morgan fingerprint density at radius 2 is 1.86 bits per heavy atom. The van der Waals surface area contributed by atoms with Crippen LogP contribution in [-0.4, -0.2) is 24.1 Å². The first-order valence-corrected chi connectivity index (χ1v) is 10.7. The van der Waals surface area contributed by atoms with Crippen LogP contribution in [0, 0.1) is 6.92 Å². The monoisotopic (exact) mass is 410 g/mol. The van der Waals surface area contributed by atoms with Gasteiger partial charge in [0.15, 0.2) is 5.13 Å². The number of hydrogen-bond acceptors (Lipinski definition) is 5. The molecule has 1 amide bonds. The van der Waals surface area contributed by atoms with Crippen LogP contribution in [0.5, 0.6) is 11.5 Å². The van der Waals surface area contributed by atoms with Gasteiger partial charge in [0, 0.05) is 17.4 Å². The molecule has 0 aliphatic carbocycles. The second-order valence-electron chi connectivity index (χ2n) is 6.68. The summed E-state index contributed by atoms with van der Waals surface area (Å²) in [6, 6.07) is 15.7. The molecule has 0 saturated carbocycles. The smallest absolute Gasteiger partial charge is 0.226 e. The van der Waals surface area contributed by atoms with E-state index in [-0.39, 0.29) is 5.91 Å². The number of aryl methyl sites for hydroxylation is 1. The average Bonchev–Trinajstić information content (AvgIpc) is 3.19. The lowest BCUT2D eigenvalue weighted by molar-refractivity contribution is -0.116. The van der Waals surface area contributed by atoms with E-state index >= 15 is 0 Å². The fraction of sp³-hybridized carbons (Fsp3) is 0.304. The number of benzene rings is 2. The Hall–Kier alpha value is -2.86. The Morgan fingerprint density at radius 3 is 2.62 bits per heavy atom. The number of rotatable bonds is 10. The van der Waals surface area contributed by atoms with E-state index in [9.17, 15) is 4.79 Å². The van der Waals surface area contributed by atoms with Crippen molar-refractivity contribution in [3.63, 3.8) is 0 Å². The predicted molar refractivity (Wildman–Crippen MR) is 118 cm³/mol. The van der Waals surface area contributed by atoms with Crippen LogP contribution in [0.25, 0.3) is 11.3 Å². The van der Waals surface area contributed by atoms with E-state index in [2.05, 4.69) is 17.2 Å². The number of hydrogen-bond donors (Lipinski definition) is 1. The van der Waals surface area contributed by atoms with Gasteiger partial charge in [-0.05, 0) is 55.7 Å². The lowest BCUT2D eigenvalue weighted by atomic mass is 10.2. The molecule has 1 aromatic heterocycles. The van der Waals surface area contributed by atoms with Crippen LogP contribution >= 0.6 is 11.3 Å². The molecule has 0 atom stereocenters. The molecule has 0 saturated heterocycles. The van der Waals surface area contributed by atoms with Gasteiger partial charge < -0.3 is 14.8 Å². The minimum Gasteiger partial charge on any atom is -0.494 e. The lowest BCUT2D eigenvalue weighted by Gasteiger charge is -2.08. The maximum atomic E-state index is 12.2. The number of carbonyl (C=O) groups excluding carboxylic acids is 1. The molecule has 6 heteroatoms. The Kier molecular flexibility index (Phi) is 7.64. The summed E-state index contributed by atoms with van der Waals surface area (Å²) in [6.07, 6.45) is 2.02. The first-order chi connectivity index (χ1) is 14.2. The number of aromatic nitrogens is 1. The van der Waals surface area contributed by atoms with Crippen LogP contribution in [-0.2, 0) is 4.79 Å². The third-order valence-electron chi connectivity index (χ3n) is 4.27. The van der Waals surface area contributed by atoms with E-state index in [1.54, 1.807) is 0 Å². The van der Waals surface area contributed by atoms with Crippen molar-refractivity contribution in [2.75, 3.05) is 18.5 Å². The van der Waals surface area contributed by atoms with Crippen LogP contribution < -0.4 is 14.8 Å². The molecule has 0 fully saturated rings. The molecule has 0 bridgehead atoms. The number of nitrogens with one attached hydrogen (secondary N) is 1. The van der Waals surface area contributed by atoms with Gasteiger partial charge in [0.1, 0.15) is 11.5 Å². The zero-order valence-corrected chi connectivity index (χ0v) is 17.6. The van der Waals surface area contributed by atoms with Gasteiger partial charge in [-0.15, -0.1) is 11.3 Å². The van der Waals surface area contributed by atoms with E-state index in [1.165, 1.54) is 11.3 Å². The molecule has 0 spiro atoms. The molecule has 0 aliphatic heterocycles. The minimum atomic E-state index is -0.0532. The SMILES string of the molecule is CCCOc1ccc(-c2csc(NC(=O)CCCOc3ccccc3C)n2)cc1. The summed E-state index contributed by atoms with van der Waals surface area (Å²) in [7, 11) is 0. The normalized spacial score (nSPS) is 10.6. The first kappa shape index (κ1) is 20.9. The van der Waals surface area contributed by atoms with Gasteiger partial charge in [-0.2, -0.15) is 0 Å². The van der Waals surface area contributed by atoms with Crippen LogP contribution in [0.15, 0.2) is 53.9 Å². The number of ether oxygens (including phenoxy) is 2. The number of carbonyl (C=O) groups is 1. The Bertz CT molecular complexity index is 922. The largest absolute Gasteiger partial charge is 0.494 e. The van der Waals surface area contributed by atoms with Crippen molar-refractivity contribution in [1.82, 2.24) is 4.98 Å². The molecule has 0 radical (unpaired) electrons. The number of anilines is 1. The average molecular weight is 411 g/mol. The minimum absolute atomic E-state index is 0.0532. The highest BCUT2D eigenvalue weighted by atomic mass is 32.1. The van der Waals surface area contributed by atoms with Crippen molar-refractivity contribution >= 4 is 22.4 Å². The standard InChI is InChI=1S/C23H26N2O3S/c1-3-14-27-19-12-10-18(11-13-19)20-16-29-23(24-20)25-22(26)9-6-15-28-21-8-5-4-7-17(21)2/h4-5,7-8,10-13,16H,3,6,9,14-15H2,1-2H3,(H,24,25,26). The Labute approximate surface area is 175 Å². The summed E-state index contributed by atoms with van der Waals surface area (Å²) in [5.74, 6) is 1.67. The summed E-state index contributed by atoms with van der Waals surface area (Å²) < 4.78 is 11.3. The highest BCUT2D eigenvalue weighted by Gasteiger charge is 2.09. The maximum Gasteiger partial charge on any atom is 0.226 e. The summed E-state index contributed by atoms with van der Waals surface area (Å²) in [5.41, 5.74) is 2.93. The van der Waals surface area contributed by atoms with Crippen molar-refractivity contribution in [1.29, 1.82) is 0 Å². The zero-order chi connectivity index (χ0) is 20.5. The van der Waals surface area contributed by atoms with E-state index < -0.39 is 0 Å². The van der Waals surface area contributed by atoms with Gasteiger partial charge in [0.2, 0.25) is 5.91 Å². The number of para-hydroxylation sites is 1. The predicted octanol–water partition coefficient (Wildman–Crippen LogP) is 5.71. The lowest BCUT2D eigenvalue weighted by Crippen LogP contribution is -2.12. The molecule has 3 rings (SSSR count). The maximum absolute atomic E-state index is 12.2. The fourth-order valence-electron chi connectivity index (χ4n) is 2.72. The van der Waals surface area contributed by atoms with Crippen molar-refractivity contribution in [2.24, 2.45) is 0 Å². The van der Waals surface area contributed by atoms with Gasteiger partial charge in [-0.25, -0.2) is 4.98 Å². The van der Waals surface area contributed by atoms with Crippen LogP contribution in [0.4, 0.5) is 5.13 Å². The molecule has 1 N–H and O–H groups in total. The highest BCUT2D eigenvalue weighted by molar-refractivity contribution is 7.14. The van der Waals surface area contributed by atoms with Crippen molar-refractivity contribution in [3.8, 4) is 22.8 Å². The van der Waals surface area contributed by atoms with Gasteiger partial charge in [-0.3, -0.25) is 4.79 Å². The molecule has 1 heterocycles. The molecular weight excluding hydrogens is 384 g/mol. The van der Waals surface area contributed by atoms with Gasteiger partial charge in [0.05, 0.1) is 18.9 Å². The van der Waals surface area contributed by atoms with E-state index in [1.807, 2.05) is 60.8 Å². The topological polar surface area (TPSA) is 60.5 Å². The number of amides is 1. The number of nitrogens with zero attached hydrogens (tertiary/aromatic N) is 1. The van der Waals surface area contributed by atoms with Gasteiger partial charge in [0.25, 0.3) is 0 Å². The molecular formula is C23H26N2O3S. The summed E-state index contributed by atoms with van der Waals surface area (Å²) in [4.78, 5) is 16.7. The third-order valence-corrected chi connectivity index (χ3v) is 5.03. The Morgan fingerprint density at radius 1 is 1.07 bits per heavy atom. The second kappa shape index (κ2) is 10.6. The van der Waals surface area contributed by atoms with E-state index in [0.29, 0.717) is 31.2 Å². The van der Waals surface area contributed by atoms with Gasteiger partial charge in [-0.1, -0.05) is 25.1 Å². The van der Waals surface area contributed by atoms with Gasteiger partial charge >= 0.3 is 0 Å². The zero-order valence-electron chi connectivity index (χ0n) is 16.8. The molecule has 5 nitrogen and oxygen atoms in total. The van der Waals surface area contributed by atoms with Crippen molar-refractivity contribution in [2.45, 2.75) is 33.1 Å². The van der Waals surface area contributed by atoms with Crippen molar-refractivity contribution < 1.29 is 14.3 Å². The number of thiazole rings is 1. The van der Waals surface area contributed by atoms with Crippen molar-refractivity contribution in [3.05, 3.63) is 59.5 Å². The molecule has 3 aromatic rings. The molecule has 29 heavy (non-hydrogen) atoms. The molecule has 152 valence electrons. The molecule has 0 aliphatic rings. The quantitative estimate of drug-likeness (QED) is 0.435. The Balaban J connectivity index is 1.44. The van der Waals surface area contributed by atoms with E-state index in [0.717, 1.165) is 34.7 Å². The second-order valence-corrected chi connectivity index (χ2v) is 7.53. The summed E-state index contributed by atoms with van der Waals surface area (Å²) in [6.45, 7) is 5.31. The summed E-state index contributed by atoms with van der Waals surface area (Å²) in [5, 5.41) is 5.42. The molecule has 2 aromatic carbocycles. The third kappa shape index (κ3) is 6.32. The fourth-order valence-corrected chi connectivity index (χ4v) is 3.46. The van der Waals surface area contributed by atoms with E-state index in [4.69, 9.17) is 9.47 Å². The summed E-state index contributed by atoms with van der Waals surface area (Å²) >= 11 is 1.42. The van der Waals surface area contributed by atoms with Crippen LogP contribution in [0.1, 0.15) is 31.7 Å². The van der Waals surface area contributed by atoms with Crippen LogP contribution in [0.3, 0.4) is 0 Å². The van der Waals surface area contributed by atoms with Crippen LogP contribution in [0.2, 0.25) is 0 Å². The highest BCUT2D eigenvalue weighted by Crippen LogP contribution is 2.26. The molecule has 0 unspecified atom stereocenters.